The minimum absolute atomic E-state index is 0.255. The van der Waals surface area contributed by atoms with E-state index < -0.39 is 17.8 Å². The third kappa shape index (κ3) is 6.63. The van der Waals surface area contributed by atoms with Crippen molar-refractivity contribution in [2.75, 3.05) is 6.54 Å². The number of amides is 2. The molecule has 0 aromatic heterocycles. The first-order chi connectivity index (χ1) is 15.4. The molecule has 0 bridgehead atoms. The number of hydrogen-bond acceptors (Lipinski definition) is 5. The lowest BCUT2D eigenvalue weighted by Gasteiger charge is -2.06. The van der Waals surface area contributed by atoms with Crippen molar-refractivity contribution >= 4 is 58.2 Å². The monoisotopic (exact) mass is 561 g/mol. The quantitative estimate of drug-likeness (QED) is 0.150. The smallest absolute Gasteiger partial charge is 0.344 e. The number of nitrogens with one attached hydrogen (secondary N) is 2. The summed E-state index contributed by atoms with van der Waals surface area (Å²) in [6, 6.07) is 20.3. The third-order valence-electron chi connectivity index (χ3n) is 4.12. The Hall–Kier alpha value is -3.24. The standard InChI is InChI=1S/C23H17ClIN3O4/c24-19-7-3-1-5-17(19)22(30)26-14-21(29)28-27-13-15-9-11-16(12-10-15)32-23(31)18-6-2-4-8-20(18)25/h1-13H,14H2,(H,26,30)(H,28,29)/b27-13+. The van der Waals surface area contributed by atoms with E-state index in [0.29, 0.717) is 21.9 Å². The van der Waals surface area contributed by atoms with E-state index in [4.69, 9.17) is 16.3 Å². The van der Waals surface area contributed by atoms with Crippen LogP contribution in [0.2, 0.25) is 5.02 Å². The molecule has 0 aliphatic carbocycles. The summed E-state index contributed by atoms with van der Waals surface area (Å²) in [5.41, 5.74) is 3.78. The number of halogens is 2. The van der Waals surface area contributed by atoms with Gasteiger partial charge in [-0.15, -0.1) is 0 Å². The second kappa shape index (κ2) is 11.4. The molecule has 162 valence electrons. The van der Waals surface area contributed by atoms with Gasteiger partial charge >= 0.3 is 5.97 Å². The van der Waals surface area contributed by atoms with E-state index in [-0.39, 0.29) is 12.1 Å². The first-order valence-corrected chi connectivity index (χ1v) is 10.8. The fraction of sp³-hybridized carbons (Fsp3) is 0.0435. The van der Waals surface area contributed by atoms with Crippen molar-refractivity contribution in [2.24, 2.45) is 5.10 Å². The Morgan fingerprint density at radius 3 is 2.28 bits per heavy atom. The van der Waals surface area contributed by atoms with Crippen LogP contribution in [0.15, 0.2) is 77.9 Å². The van der Waals surface area contributed by atoms with Crippen molar-refractivity contribution in [2.45, 2.75) is 0 Å². The van der Waals surface area contributed by atoms with Gasteiger partial charge in [0.15, 0.2) is 0 Å². The Balaban J connectivity index is 1.47. The number of rotatable bonds is 7. The van der Waals surface area contributed by atoms with Crippen LogP contribution in [0.3, 0.4) is 0 Å². The molecule has 3 aromatic rings. The first kappa shape index (κ1) is 23.4. The predicted molar refractivity (Wildman–Crippen MR) is 130 cm³/mol. The zero-order chi connectivity index (χ0) is 22.9. The lowest BCUT2D eigenvalue weighted by Crippen LogP contribution is -2.35. The van der Waals surface area contributed by atoms with Crippen LogP contribution in [0.1, 0.15) is 26.3 Å². The maximum atomic E-state index is 12.2. The molecule has 3 rings (SSSR count). The van der Waals surface area contributed by atoms with Crippen LogP contribution >= 0.6 is 34.2 Å². The maximum absolute atomic E-state index is 12.2. The van der Waals surface area contributed by atoms with Crippen LogP contribution in [0.4, 0.5) is 0 Å². The molecule has 3 aromatic carbocycles. The predicted octanol–water partition coefficient (Wildman–Crippen LogP) is 4.04. The summed E-state index contributed by atoms with van der Waals surface area (Å²) in [6.45, 7) is -0.255. The fourth-order valence-corrected chi connectivity index (χ4v) is 3.36. The van der Waals surface area contributed by atoms with E-state index in [0.717, 1.165) is 3.57 Å². The normalized spacial score (nSPS) is 10.6. The van der Waals surface area contributed by atoms with E-state index in [1.807, 2.05) is 12.1 Å². The second-order valence-corrected chi connectivity index (χ2v) is 7.96. The Labute approximate surface area is 202 Å². The zero-order valence-corrected chi connectivity index (χ0v) is 19.5. The molecule has 2 amide bonds. The van der Waals surface area contributed by atoms with Gasteiger partial charge in [0.05, 0.1) is 28.9 Å². The van der Waals surface area contributed by atoms with Gasteiger partial charge in [0.25, 0.3) is 11.8 Å². The van der Waals surface area contributed by atoms with Crippen LogP contribution < -0.4 is 15.5 Å². The van der Waals surface area contributed by atoms with Gasteiger partial charge in [0.2, 0.25) is 0 Å². The van der Waals surface area contributed by atoms with Crippen molar-refractivity contribution in [3.05, 3.63) is 98.1 Å². The van der Waals surface area contributed by atoms with Crippen LogP contribution in [-0.2, 0) is 4.79 Å². The van der Waals surface area contributed by atoms with E-state index in [1.54, 1.807) is 60.7 Å². The maximum Gasteiger partial charge on any atom is 0.344 e. The number of hydrogen-bond donors (Lipinski definition) is 2. The molecule has 0 atom stereocenters. The molecule has 9 heteroatoms. The number of hydrazone groups is 1. The van der Waals surface area contributed by atoms with Crippen molar-refractivity contribution in [1.29, 1.82) is 0 Å². The Bertz CT molecular complexity index is 1170. The molecule has 0 aliphatic rings. The highest BCUT2D eigenvalue weighted by molar-refractivity contribution is 14.1. The lowest BCUT2D eigenvalue weighted by atomic mass is 10.2. The third-order valence-corrected chi connectivity index (χ3v) is 5.39. The van der Waals surface area contributed by atoms with Gasteiger partial charge in [-0.05, 0) is 76.7 Å². The van der Waals surface area contributed by atoms with Gasteiger partial charge in [-0.25, -0.2) is 10.2 Å². The van der Waals surface area contributed by atoms with E-state index in [1.165, 1.54) is 6.21 Å². The number of carbonyl (C=O) groups excluding carboxylic acids is 3. The minimum Gasteiger partial charge on any atom is -0.423 e. The highest BCUT2D eigenvalue weighted by Crippen LogP contribution is 2.17. The van der Waals surface area contributed by atoms with E-state index in [9.17, 15) is 14.4 Å². The molecule has 0 saturated heterocycles. The van der Waals surface area contributed by atoms with Gasteiger partial charge in [0, 0.05) is 3.57 Å². The van der Waals surface area contributed by atoms with Crippen molar-refractivity contribution in [1.82, 2.24) is 10.7 Å². The highest BCUT2D eigenvalue weighted by atomic mass is 127. The molecule has 0 unspecified atom stereocenters. The summed E-state index contributed by atoms with van der Waals surface area (Å²) in [4.78, 5) is 36.1. The van der Waals surface area contributed by atoms with Gasteiger partial charge in [-0.2, -0.15) is 5.10 Å². The summed E-state index contributed by atoms with van der Waals surface area (Å²) < 4.78 is 6.17. The second-order valence-electron chi connectivity index (χ2n) is 6.39. The summed E-state index contributed by atoms with van der Waals surface area (Å²) in [5, 5.41) is 6.62. The average molecular weight is 562 g/mol. The molecule has 2 N–H and O–H groups in total. The van der Waals surface area contributed by atoms with E-state index in [2.05, 4.69) is 38.4 Å². The number of esters is 1. The summed E-state index contributed by atoms with van der Waals surface area (Å²) in [5.74, 6) is -1.00. The molecule has 0 aliphatic heterocycles. The van der Waals surface area contributed by atoms with Gasteiger partial charge < -0.3 is 10.1 Å². The molecule has 0 fully saturated rings. The number of carbonyl (C=O) groups is 3. The molecule has 0 spiro atoms. The summed E-state index contributed by atoms with van der Waals surface area (Å²) >= 11 is 8.03. The molecular weight excluding hydrogens is 545 g/mol. The minimum atomic E-state index is -0.496. The lowest BCUT2D eigenvalue weighted by molar-refractivity contribution is -0.120. The highest BCUT2D eigenvalue weighted by Gasteiger charge is 2.12. The molecule has 32 heavy (non-hydrogen) atoms. The number of benzene rings is 3. The topological polar surface area (TPSA) is 96.9 Å². The first-order valence-electron chi connectivity index (χ1n) is 9.35. The molecule has 0 radical (unpaired) electrons. The zero-order valence-electron chi connectivity index (χ0n) is 16.5. The van der Waals surface area contributed by atoms with Crippen LogP contribution in [-0.4, -0.2) is 30.5 Å². The Kier molecular flexibility index (Phi) is 8.34. The SMILES string of the molecule is O=C(CNC(=O)c1ccccc1Cl)N/N=C/c1ccc(OC(=O)c2ccccc2I)cc1. The van der Waals surface area contributed by atoms with Crippen molar-refractivity contribution in [3.63, 3.8) is 0 Å². The van der Waals surface area contributed by atoms with Crippen LogP contribution in [0.5, 0.6) is 5.75 Å². The molecule has 7 nitrogen and oxygen atoms in total. The fourth-order valence-electron chi connectivity index (χ4n) is 2.53. The van der Waals surface area contributed by atoms with Gasteiger partial charge in [-0.1, -0.05) is 35.9 Å². The van der Waals surface area contributed by atoms with Crippen LogP contribution in [0, 0.1) is 3.57 Å². The summed E-state index contributed by atoms with van der Waals surface area (Å²) in [7, 11) is 0. The largest absolute Gasteiger partial charge is 0.423 e. The number of nitrogens with zero attached hydrogens (tertiary/aromatic N) is 1. The Morgan fingerprint density at radius 2 is 1.59 bits per heavy atom. The number of ether oxygens (including phenoxy) is 1. The summed E-state index contributed by atoms with van der Waals surface area (Å²) in [6.07, 6.45) is 1.43. The van der Waals surface area contributed by atoms with E-state index >= 15 is 0 Å². The molecular formula is C23H17ClIN3O4. The van der Waals surface area contributed by atoms with Gasteiger partial charge in [0.1, 0.15) is 5.75 Å². The van der Waals surface area contributed by atoms with Crippen LogP contribution in [0.25, 0.3) is 0 Å². The van der Waals surface area contributed by atoms with Gasteiger partial charge in [-0.3, -0.25) is 9.59 Å². The van der Waals surface area contributed by atoms with Crippen molar-refractivity contribution < 1.29 is 19.1 Å². The van der Waals surface area contributed by atoms with Crippen molar-refractivity contribution in [3.8, 4) is 5.75 Å². The average Bonchev–Trinajstić information content (AvgIpc) is 2.79. The Morgan fingerprint density at radius 1 is 0.938 bits per heavy atom. The molecule has 0 saturated carbocycles. The molecule has 0 heterocycles.